The van der Waals surface area contributed by atoms with Crippen LogP contribution in [0, 0.1) is 0 Å². The molecule has 3 aromatic rings. The van der Waals surface area contributed by atoms with Crippen LogP contribution >= 0.6 is 22.9 Å². The zero-order chi connectivity index (χ0) is 19.3. The average Bonchev–Trinajstić information content (AvgIpc) is 3.43. The first kappa shape index (κ1) is 19.0. The Kier molecular flexibility index (Phi) is 5.92. The molecule has 4 rings (SSSR count). The fraction of sp³-hybridized carbons (Fsp3) is 0.350. The first-order chi connectivity index (χ1) is 13.7. The summed E-state index contributed by atoms with van der Waals surface area (Å²) in [6, 6.07) is 9.44. The lowest BCUT2D eigenvalue weighted by molar-refractivity contribution is -0.115. The largest absolute Gasteiger partial charge is 0.486 e. The maximum Gasteiger partial charge on any atom is 0.231 e. The highest BCUT2D eigenvalue weighted by atomic mass is 35.5. The molecule has 1 aromatic carbocycles. The summed E-state index contributed by atoms with van der Waals surface area (Å²) < 4.78 is 7.64. The summed E-state index contributed by atoms with van der Waals surface area (Å²) in [5.41, 5.74) is 0.740. The zero-order valence-electron chi connectivity index (χ0n) is 15.3. The SMILES string of the molecule is O=C(Cc1csc(COc2ccc(Cl)cc2)n1)Nc1ccnn1C1CCCC1. The molecule has 0 aliphatic heterocycles. The van der Waals surface area contributed by atoms with Gasteiger partial charge in [0.1, 0.15) is 23.2 Å². The molecule has 28 heavy (non-hydrogen) atoms. The fourth-order valence-electron chi connectivity index (χ4n) is 3.38. The van der Waals surface area contributed by atoms with Gasteiger partial charge in [0, 0.05) is 16.5 Å². The van der Waals surface area contributed by atoms with E-state index in [9.17, 15) is 4.79 Å². The van der Waals surface area contributed by atoms with Crippen molar-refractivity contribution in [3.63, 3.8) is 0 Å². The van der Waals surface area contributed by atoms with Gasteiger partial charge < -0.3 is 10.1 Å². The lowest BCUT2D eigenvalue weighted by Crippen LogP contribution is -2.19. The number of benzene rings is 1. The molecule has 1 fully saturated rings. The number of carbonyl (C=O) groups is 1. The molecule has 6 nitrogen and oxygen atoms in total. The topological polar surface area (TPSA) is 69.0 Å². The third-order valence-electron chi connectivity index (χ3n) is 4.73. The fourth-order valence-corrected chi connectivity index (χ4v) is 4.21. The van der Waals surface area contributed by atoms with E-state index in [-0.39, 0.29) is 12.3 Å². The van der Waals surface area contributed by atoms with Crippen molar-refractivity contribution in [3.8, 4) is 5.75 Å². The molecule has 0 unspecified atom stereocenters. The van der Waals surface area contributed by atoms with E-state index in [1.54, 1.807) is 18.3 Å². The van der Waals surface area contributed by atoms with Crippen LogP contribution in [0.15, 0.2) is 41.9 Å². The van der Waals surface area contributed by atoms with Crippen LogP contribution in [0.2, 0.25) is 5.02 Å². The molecule has 0 spiro atoms. The summed E-state index contributed by atoms with van der Waals surface area (Å²) >= 11 is 7.35. The zero-order valence-corrected chi connectivity index (χ0v) is 16.9. The van der Waals surface area contributed by atoms with Gasteiger partial charge in [-0.15, -0.1) is 11.3 Å². The number of ether oxygens (including phenoxy) is 1. The monoisotopic (exact) mass is 416 g/mol. The molecule has 1 aliphatic rings. The summed E-state index contributed by atoms with van der Waals surface area (Å²) in [6.45, 7) is 0.363. The Morgan fingerprint density at radius 3 is 2.82 bits per heavy atom. The highest BCUT2D eigenvalue weighted by molar-refractivity contribution is 7.09. The number of halogens is 1. The van der Waals surface area contributed by atoms with Crippen molar-refractivity contribution in [1.29, 1.82) is 0 Å². The number of amides is 1. The standard InChI is InChI=1S/C20H21ClN4O2S/c21-14-5-7-17(8-6-14)27-12-20-23-15(13-28-20)11-19(26)24-18-9-10-22-25(18)16-3-1-2-4-16/h5-10,13,16H,1-4,11-12H2,(H,24,26). The van der Waals surface area contributed by atoms with Crippen molar-refractivity contribution >= 4 is 34.7 Å². The second-order valence-corrected chi connectivity index (χ2v) is 8.18. The second kappa shape index (κ2) is 8.75. The molecular weight excluding hydrogens is 396 g/mol. The predicted octanol–water partition coefficient (Wildman–Crippen LogP) is 4.87. The Morgan fingerprint density at radius 1 is 1.25 bits per heavy atom. The molecule has 2 heterocycles. The van der Waals surface area contributed by atoms with Crippen molar-refractivity contribution in [3.05, 3.63) is 57.6 Å². The van der Waals surface area contributed by atoms with Gasteiger partial charge in [0.2, 0.25) is 5.91 Å². The van der Waals surface area contributed by atoms with Gasteiger partial charge in [-0.3, -0.25) is 4.79 Å². The molecule has 0 bridgehead atoms. The van der Waals surface area contributed by atoms with E-state index < -0.39 is 0 Å². The van der Waals surface area contributed by atoms with Gasteiger partial charge >= 0.3 is 0 Å². The average molecular weight is 417 g/mol. The van der Waals surface area contributed by atoms with Gasteiger partial charge in [0.25, 0.3) is 0 Å². The molecule has 2 aromatic heterocycles. The minimum Gasteiger partial charge on any atom is -0.486 e. The summed E-state index contributed by atoms with van der Waals surface area (Å²) in [5.74, 6) is 1.41. The van der Waals surface area contributed by atoms with E-state index >= 15 is 0 Å². The van der Waals surface area contributed by atoms with Crippen LogP contribution in [-0.2, 0) is 17.8 Å². The normalized spacial score (nSPS) is 14.3. The van der Waals surface area contributed by atoms with Crippen LogP contribution in [0.3, 0.4) is 0 Å². The van der Waals surface area contributed by atoms with Gasteiger partial charge in [-0.05, 0) is 37.1 Å². The van der Waals surface area contributed by atoms with Crippen LogP contribution in [0.4, 0.5) is 5.82 Å². The van der Waals surface area contributed by atoms with Crippen molar-refractivity contribution in [2.24, 2.45) is 0 Å². The molecule has 146 valence electrons. The van der Waals surface area contributed by atoms with Gasteiger partial charge in [-0.25, -0.2) is 9.67 Å². The van der Waals surface area contributed by atoms with Gasteiger partial charge in [0.15, 0.2) is 0 Å². The minimum absolute atomic E-state index is 0.0878. The summed E-state index contributed by atoms with van der Waals surface area (Å²) in [4.78, 5) is 16.9. The Bertz CT molecular complexity index is 932. The van der Waals surface area contributed by atoms with E-state index in [2.05, 4.69) is 15.4 Å². The smallest absolute Gasteiger partial charge is 0.231 e. The maximum atomic E-state index is 12.4. The third kappa shape index (κ3) is 4.72. The molecule has 0 saturated heterocycles. The number of aromatic nitrogens is 3. The molecule has 1 aliphatic carbocycles. The molecule has 1 saturated carbocycles. The molecular formula is C20H21ClN4O2S. The lowest BCUT2D eigenvalue weighted by Gasteiger charge is -2.14. The van der Waals surface area contributed by atoms with Crippen LogP contribution < -0.4 is 10.1 Å². The van der Waals surface area contributed by atoms with Crippen LogP contribution in [-0.4, -0.2) is 20.7 Å². The van der Waals surface area contributed by atoms with Gasteiger partial charge in [0.05, 0.1) is 24.4 Å². The Labute approximate surface area is 172 Å². The third-order valence-corrected chi connectivity index (χ3v) is 5.85. The molecule has 1 N–H and O–H groups in total. The van der Waals surface area contributed by atoms with Crippen molar-refractivity contribution in [2.45, 2.75) is 44.8 Å². The van der Waals surface area contributed by atoms with Crippen molar-refractivity contribution in [1.82, 2.24) is 14.8 Å². The Balaban J connectivity index is 1.30. The predicted molar refractivity (Wildman–Crippen MR) is 110 cm³/mol. The van der Waals surface area contributed by atoms with Crippen LogP contribution in [0.1, 0.15) is 42.4 Å². The van der Waals surface area contributed by atoms with E-state index in [0.717, 1.165) is 35.1 Å². The first-order valence-electron chi connectivity index (χ1n) is 9.32. The van der Waals surface area contributed by atoms with Gasteiger partial charge in [-0.1, -0.05) is 24.4 Å². The number of nitrogens with one attached hydrogen (secondary N) is 1. The maximum absolute atomic E-state index is 12.4. The number of thiazole rings is 1. The van der Waals surface area contributed by atoms with Crippen LogP contribution in [0.25, 0.3) is 0 Å². The van der Waals surface area contributed by atoms with E-state index in [1.807, 2.05) is 28.3 Å². The summed E-state index contributed by atoms with van der Waals surface area (Å²) in [6.07, 6.45) is 6.65. The number of carbonyl (C=O) groups excluding carboxylic acids is 1. The number of rotatable bonds is 7. The molecule has 0 atom stereocenters. The second-order valence-electron chi connectivity index (χ2n) is 6.80. The minimum atomic E-state index is -0.0878. The highest BCUT2D eigenvalue weighted by Gasteiger charge is 2.20. The van der Waals surface area contributed by atoms with Crippen molar-refractivity contribution < 1.29 is 9.53 Å². The number of anilines is 1. The first-order valence-corrected chi connectivity index (χ1v) is 10.6. The summed E-state index contributed by atoms with van der Waals surface area (Å²) in [5, 5.41) is 10.8. The Hall–Kier alpha value is -2.38. The quantitative estimate of drug-likeness (QED) is 0.596. The van der Waals surface area contributed by atoms with E-state index in [0.29, 0.717) is 17.7 Å². The van der Waals surface area contributed by atoms with E-state index in [4.69, 9.17) is 16.3 Å². The van der Waals surface area contributed by atoms with Gasteiger partial charge in [-0.2, -0.15) is 5.10 Å². The Morgan fingerprint density at radius 2 is 2.04 bits per heavy atom. The lowest BCUT2D eigenvalue weighted by atomic mass is 10.2. The molecule has 0 radical (unpaired) electrons. The number of nitrogens with zero attached hydrogens (tertiary/aromatic N) is 3. The number of hydrogen-bond donors (Lipinski definition) is 1. The summed E-state index contributed by atoms with van der Waals surface area (Å²) in [7, 11) is 0. The van der Waals surface area contributed by atoms with Crippen LogP contribution in [0.5, 0.6) is 5.75 Å². The molecule has 8 heteroatoms. The highest BCUT2D eigenvalue weighted by Crippen LogP contribution is 2.31. The van der Waals surface area contributed by atoms with Crippen molar-refractivity contribution in [2.75, 3.05) is 5.32 Å². The molecule has 1 amide bonds. The number of hydrogen-bond acceptors (Lipinski definition) is 5. The van der Waals surface area contributed by atoms with E-state index in [1.165, 1.54) is 24.2 Å².